The van der Waals surface area contributed by atoms with Crippen LogP contribution in [0.25, 0.3) is 39.8 Å². The molecule has 8 heteroatoms. The summed E-state index contributed by atoms with van der Waals surface area (Å²) in [4.78, 5) is 16.3. The van der Waals surface area contributed by atoms with Crippen molar-refractivity contribution in [2.24, 2.45) is 7.05 Å². The monoisotopic (exact) mass is 465 g/mol. The van der Waals surface area contributed by atoms with E-state index in [9.17, 15) is 4.79 Å². The molecule has 0 saturated carbocycles. The van der Waals surface area contributed by atoms with Crippen LogP contribution in [-0.4, -0.2) is 33.4 Å². The number of rotatable bonds is 7. The summed E-state index contributed by atoms with van der Waals surface area (Å²) >= 11 is 6.36. The van der Waals surface area contributed by atoms with E-state index in [1.54, 1.807) is 25.1 Å². The lowest BCUT2D eigenvalue weighted by molar-refractivity contribution is -0.137. The first-order valence-corrected chi connectivity index (χ1v) is 11.0. The zero-order valence-corrected chi connectivity index (χ0v) is 19.6. The largest absolute Gasteiger partial charge is 0.489 e. The fourth-order valence-corrected chi connectivity index (χ4v) is 3.82. The van der Waals surface area contributed by atoms with E-state index in [1.807, 2.05) is 55.9 Å². The smallest absolute Gasteiger partial charge is 0.330 e. The molecule has 2 aromatic carbocycles. The van der Waals surface area contributed by atoms with Gasteiger partial charge in [0.15, 0.2) is 0 Å². The van der Waals surface area contributed by atoms with E-state index in [4.69, 9.17) is 25.6 Å². The molecule has 4 aromatic rings. The molecule has 0 spiro atoms. The fraction of sp³-hybridized carbons (Fsp3) is 0.240. The van der Waals surface area contributed by atoms with Gasteiger partial charge in [0, 0.05) is 41.4 Å². The molecule has 0 aliphatic heterocycles. The van der Waals surface area contributed by atoms with Crippen LogP contribution in [0.4, 0.5) is 0 Å². The van der Waals surface area contributed by atoms with Gasteiger partial charge in [-0.3, -0.25) is 0 Å². The first kappa shape index (κ1) is 22.6. The molecule has 0 amide bonds. The van der Waals surface area contributed by atoms with Crippen molar-refractivity contribution in [1.82, 2.24) is 14.7 Å². The van der Waals surface area contributed by atoms with E-state index < -0.39 is 0 Å². The van der Waals surface area contributed by atoms with Gasteiger partial charge in [0.2, 0.25) is 5.82 Å². The molecule has 0 bridgehead atoms. The molecule has 0 atom stereocenters. The summed E-state index contributed by atoms with van der Waals surface area (Å²) in [5, 5.41) is 5.63. The number of nitrogens with zero attached hydrogens (tertiary/aromatic N) is 3. The van der Waals surface area contributed by atoms with Gasteiger partial charge in [-0.2, -0.15) is 4.98 Å². The Bertz CT molecular complexity index is 1340. The summed E-state index contributed by atoms with van der Waals surface area (Å²) < 4.78 is 18.2. The van der Waals surface area contributed by atoms with Gasteiger partial charge in [0.05, 0.1) is 23.3 Å². The van der Waals surface area contributed by atoms with Crippen molar-refractivity contribution in [3.05, 3.63) is 59.3 Å². The average molecular weight is 466 g/mol. The van der Waals surface area contributed by atoms with Gasteiger partial charge in [-0.25, -0.2) is 4.79 Å². The third-order valence-electron chi connectivity index (χ3n) is 4.93. The van der Waals surface area contributed by atoms with Gasteiger partial charge in [-0.05, 0) is 51.1 Å². The van der Waals surface area contributed by atoms with Crippen LogP contribution in [0.3, 0.4) is 0 Å². The highest BCUT2D eigenvalue weighted by molar-refractivity contribution is 6.32. The maximum Gasteiger partial charge on any atom is 0.330 e. The number of ether oxygens (including phenoxy) is 2. The van der Waals surface area contributed by atoms with Crippen molar-refractivity contribution in [1.29, 1.82) is 0 Å². The van der Waals surface area contributed by atoms with Crippen molar-refractivity contribution in [2.75, 3.05) is 6.61 Å². The molecule has 7 nitrogen and oxygen atoms in total. The van der Waals surface area contributed by atoms with Gasteiger partial charge in [0.1, 0.15) is 5.75 Å². The molecule has 0 radical (unpaired) electrons. The molecular weight excluding hydrogens is 442 g/mol. The van der Waals surface area contributed by atoms with E-state index in [-0.39, 0.29) is 12.1 Å². The standard InChI is InChI=1S/C25H24ClN3O4/c1-5-31-22(30)12-10-17-14-29(4)23-18(17)7-6-8-19(23)24-27-25(33-28-24)16-9-11-21(20(26)13-16)32-15(2)3/h6-15H,5H2,1-4H3. The van der Waals surface area contributed by atoms with Crippen LogP contribution in [0.2, 0.25) is 5.02 Å². The van der Waals surface area contributed by atoms with Crippen LogP contribution in [-0.2, 0) is 16.6 Å². The third kappa shape index (κ3) is 4.78. The van der Waals surface area contributed by atoms with Crippen molar-refractivity contribution in [2.45, 2.75) is 26.9 Å². The first-order valence-electron chi connectivity index (χ1n) is 10.6. The first-order chi connectivity index (χ1) is 15.9. The van der Waals surface area contributed by atoms with Gasteiger partial charge >= 0.3 is 5.97 Å². The summed E-state index contributed by atoms with van der Waals surface area (Å²) in [5.74, 6) is 1.04. The lowest BCUT2D eigenvalue weighted by atomic mass is 10.1. The number of hydrogen-bond acceptors (Lipinski definition) is 6. The van der Waals surface area contributed by atoms with Gasteiger partial charge < -0.3 is 18.6 Å². The quantitative estimate of drug-likeness (QED) is 0.249. The summed E-state index contributed by atoms with van der Waals surface area (Å²) in [7, 11) is 1.93. The van der Waals surface area contributed by atoms with Crippen LogP contribution in [0, 0.1) is 0 Å². The lowest BCUT2D eigenvalue weighted by Crippen LogP contribution is -2.05. The molecular formula is C25H24ClN3O4. The van der Waals surface area contributed by atoms with Crippen molar-refractivity contribution >= 4 is 34.5 Å². The number of benzene rings is 2. The molecule has 0 aliphatic rings. The zero-order valence-electron chi connectivity index (χ0n) is 18.8. The Morgan fingerprint density at radius 2 is 2.09 bits per heavy atom. The maximum absolute atomic E-state index is 11.7. The molecule has 0 aliphatic carbocycles. The molecule has 2 aromatic heterocycles. The molecule has 0 fully saturated rings. The minimum Gasteiger partial charge on any atom is -0.489 e. The van der Waals surface area contributed by atoms with E-state index >= 15 is 0 Å². The highest BCUT2D eigenvalue weighted by atomic mass is 35.5. The number of carbonyl (C=O) groups is 1. The Morgan fingerprint density at radius 3 is 2.82 bits per heavy atom. The second kappa shape index (κ2) is 9.50. The van der Waals surface area contributed by atoms with Crippen LogP contribution < -0.4 is 4.74 Å². The zero-order chi connectivity index (χ0) is 23.5. The van der Waals surface area contributed by atoms with Crippen LogP contribution in [0.1, 0.15) is 26.3 Å². The van der Waals surface area contributed by atoms with E-state index in [0.29, 0.717) is 34.7 Å². The maximum atomic E-state index is 11.7. The normalized spacial score (nSPS) is 11.6. The summed E-state index contributed by atoms with van der Waals surface area (Å²) in [6, 6.07) is 11.2. The van der Waals surface area contributed by atoms with E-state index in [1.165, 1.54) is 6.08 Å². The van der Waals surface area contributed by atoms with Crippen LogP contribution in [0.15, 0.2) is 53.2 Å². The number of carbonyl (C=O) groups excluding carboxylic acids is 1. The van der Waals surface area contributed by atoms with Crippen LogP contribution >= 0.6 is 11.6 Å². The van der Waals surface area contributed by atoms with E-state index in [2.05, 4.69) is 10.1 Å². The third-order valence-corrected chi connectivity index (χ3v) is 5.22. The van der Waals surface area contributed by atoms with Crippen molar-refractivity contribution < 1.29 is 18.8 Å². The number of halogens is 1. The fourth-order valence-electron chi connectivity index (χ4n) is 3.59. The van der Waals surface area contributed by atoms with Crippen LogP contribution in [0.5, 0.6) is 5.75 Å². The minimum atomic E-state index is -0.378. The molecule has 4 rings (SSSR count). The molecule has 0 saturated heterocycles. The summed E-state index contributed by atoms with van der Waals surface area (Å²) in [5.41, 5.74) is 3.32. The number of aryl methyl sites for hydroxylation is 1. The number of esters is 1. The SMILES string of the molecule is CCOC(=O)C=Cc1cn(C)c2c(-c3noc(-c4ccc(OC(C)C)c(Cl)c4)n3)cccc12. The number of para-hydroxylation sites is 1. The Morgan fingerprint density at radius 1 is 1.27 bits per heavy atom. The highest BCUT2D eigenvalue weighted by Crippen LogP contribution is 2.34. The molecule has 2 heterocycles. The molecule has 33 heavy (non-hydrogen) atoms. The number of fused-ring (bicyclic) bond motifs is 1. The lowest BCUT2D eigenvalue weighted by Gasteiger charge is -2.11. The van der Waals surface area contributed by atoms with Crippen molar-refractivity contribution in [3.63, 3.8) is 0 Å². The number of aromatic nitrogens is 3. The second-order valence-electron chi connectivity index (χ2n) is 7.72. The van der Waals surface area contributed by atoms with Crippen molar-refractivity contribution in [3.8, 4) is 28.6 Å². The Labute approximate surface area is 196 Å². The molecule has 0 N–H and O–H groups in total. The van der Waals surface area contributed by atoms with Gasteiger partial charge in [-0.1, -0.05) is 28.9 Å². The van der Waals surface area contributed by atoms with Gasteiger partial charge in [-0.15, -0.1) is 0 Å². The average Bonchev–Trinajstić information content (AvgIpc) is 3.39. The highest BCUT2D eigenvalue weighted by Gasteiger charge is 2.17. The predicted octanol–water partition coefficient (Wildman–Crippen LogP) is 5.91. The Kier molecular flexibility index (Phi) is 6.51. The second-order valence-corrected chi connectivity index (χ2v) is 8.12. The summed E-state index contributed by atoms with van der Waals surface area (Å²) in [6.07, 6.45) is 5.13. The minimum absolute atomic E-state index is 0.0196. The molecule has 170 valence electrons. The van der Waals surface area contributed by atoms with E-state index in [0.717, 1.165) is 22.0 Å². The summed E-state index contributed by atoms with van der Waals surface area (Å²) in [6.45, 7) is 5.99. The topological polar surface area (TPSA) is 79.4 Å². The Balaban J connectivity index is 1.69. The Hall–Kier alpha value is -3.58. The number of hydrogen-bond donors (Lipinski definition) is 0. The molecule has 0 unspecified atom stereocenters. The van der Waals surface area contributed by atoms with Gasteiger partial charge in [0.25, 0.3) is 5.89 Å². The predicted molar refractivity (Wildman–Crippen MR) is 128 cm³/mol.